The zero-order chi connectivity index (χ0) is 11.6. The average molecular weight is 282 g/mol. The molecular weight excluding hydrogens is 276 g/mol. The van der Waals surface area contributed by atoms with Crippen LogP contribution in [-0.2, 0) is 4.74 Å². The number of carbonyl (C=O) groups excluding carboxylic acids is 1. The van der Waals surface area contributed by atoms with Gasteiger partial charge in [-0.15, -0.1) is 0 Å². The smallest absolute Gasteiger partial charge is 0.355 e. The summed E-state index contributed by atoms with van der Waals surface area (Å²) in [5.41, 5.74) is -1.65. The van der Waals surface area contributed by atoms with E-state index >= 15 is 0 Å². The maximum atomic E-state index is 12.4. The maximum Gasteiger partial charge on any atom is 0.355 e. The summed E-state index contributed by atoms with van der Waals surface area (Å²) >= 11 is 2.81. The molecule has 0 bridgehead atoms. The number of H-pyrrole nitrogens is 1. The van der Waals surface area contributed by atoms with Crippen LogP contribution >= 0.6 is 15.9 Å². The number of carbonyl (C=O) groups is 1. The van der Waals surface area contributed by atoms with Crippen molar-refractivity contribution in [2.45, 2.75) is 6.43 Å². The lowest BCUT2D eigenvalue weighted by atomic mass is 10.2. The monoisotopic (exact) mass is 281 g/mol. The molecule has 15 heavy (non-hydrogen) atoms. The summed E-state index contributed by atoms with van der Waals surface area (Å²) < 4.78 is 29.0. The fraction of sp³-hybridized carbons (Fsp3) is 0.250. The first kappa shape index (κ1) is 11.8. The number of halogens is 3. The van der Waals surface area contributed by atoms with Crippen LogP contribution in [-0.4, -0.2) is 18.1 Å². The molecule has 0 spiro atoms. The Labute approximate surface area is 91.4 Å². The average Bonchev–Trinajstić information content (AvgIpc) is 2.19. The molecule has 82 valence electrons. The molecule has 1 N–H and O–H groups in total. The highest BCUT2D eigenvalue weighted by molar-refractivity contribution is 9.10. The van der Waals surface area contributed by atoms with E-state index < -0.39 is 23.5 Å². The van der Waals surface area contributed by atoms with Crippen molar-refractivity contribution in [1.82, 2.24) is 4.98 Å². The van der Waals surface area contributed by atoms with Crippen molar-refractivity contribution in [2.75, 3.05) is 7.11 Å². The molecule has 0 amide bonds. The molecule has 1 aromatic heterocycles. The summed E-state index contributed by atoms with van der Waals surface area (Å²) in [5.74, 6) is -0.888. The van der Waals surface area contributed by atoms with Gasteiger partial charge in [-0.2, -0.15) is 0 Å². The molecule has 0 unspecified atom stereocenters. The molecular formula is C8H6BrF2NO3. The normalized spacial score (nSPS) is 10.5. The van der Waals surface area contributed by atoms with Gasteiger partial charge in [-0.05, 0) is 15.9 Å². The van der Waals surface area contributed by atoms with Crippen LogP contribution in [0.25, 0.3) is 0 Å². The standard InChI is InChI=1S/C8H6BrF2NO3/c1-15-8(14)6-5(9)3(7(10)11)2-4(13)12-6/h2,7H,1H3,(H,12,13). The van der Waals surface area contributed by atoms with Crippen LogP contribution < -0.4 is 5.56 Å². The fourth-order valence-corrected chi connectivity index (χ4v) is 1.51. The third-order valence-corrected chi connectivity index (χ3v) is 2.49. The highest BCUT2D eigenvalue weighted by atomic mass is 79.9. The second-order valence-electron chi connectivity index (χ2n) is 2.57. The van der Waals surface area contributed by atoms with Gasteiger partial charge in [0.05, 0.1) is 11.6 Å². The van der Waals surface area contributed by atoms with E-state index in [2.05, 4.69) is 25.7 Å². The third kappa shape index (κ3) is 2.41. The van der Waals surface area contributed by atoms with Crippen molar-refractivity contribution < 1.29 is 18.3 Å². The third-order valence-electron chi connectivity index (χ3n) is 1.63. The molecule has 1 heterocycles. The first-order valence-electron chi connectivity index (χ1n) is 3.76. The number of esters is 1. The van der Waals surface area contributed by atoms with Crippen molar-refractivity contribution in [3.05, 3.63) is 32.2 Å². The summed E-state index contributed by atoms with van der Waals surface area (Å²) in [6.45, 7) is 0. The lowest BCUT2D eigenvalue weighted by molar-refractivity contribution is 0.0591. The van der Waals surface area contributed by atoms with Crippen molar-refractivity contribution >= 4 is 21.9 Å². The summed E-state index contributed by atoms with van der Waals surface area (Å²) in [6, 6.07) is 0.723. The summed E-state index contributed by atoms with van der Waals surface area (Å²) in [4.78, 5) is 24.2. The second-order valence-corrected chi connectivity index (χ2v) is 3.36. The predicted octanol–water partition coefficient (Wildman–Crippen LogP) is 1.86. The first-order chi connectivity index (χ1) is 6.97. The van der Waals surface area contributed by atoms with Crippen LogP contribution in [0.5, 0.6) is 0 Å². The zero-order valence-corrected chi connectivity index (χ0v) is 9.10. The molecule has 0 aliphatic rings. The van der Waals surface area contributed by atoms with Crippen molar-refractivity contribution in [3.8, 4) is 0 Å². The van der Waals surface area contributed by atoms with Gasteiger partial charge in [-0.3, -0.25) is 4.79 Å². The molecule has 1 rings (SSSR count). The number of hydrogen-bond acceptors (Lipinski definition) is 3. The Morgan fingerprint density at radius 1 is 1.60 bits per heavy atom. The van der Waals surface area contributed by atoms with Crippen molar-refractivity contribution in [3.63, 3.8) is 0 Å². The Balaban J connectivity index is 3.41. The number of pyridine rings is 1. The van der Waals surface area contributed by atoms with Gasteiger partial charge in [-0.25, -0.2) is 13.6 Å². The van der Waals surface area contributed by atoms with Crippen molar-refractivity contribution in [2.24, 2.45) is 0 Å². The summed E-state index contributed by atoms with van der Waals surface area (Å²) in [6.07, 6.45) is -2.84. The predicted molar refractivity (Wildman–Crippen MR) is 51.1 cm³/mol. The van der Waals surface area contributed by atoms with Gasteiger partial charge in [0.15, 0.2) is 0 Å². The zero-order valence-electron chi connectivity index (χ0n) is 7.51. The molecule has 0 saturated heterocycles. The van der Waals surface area contributed by atoms with E-state index in [1.165, 1.54) is 0 Å². The lowest BCUT2D eigenvalue weighted by Gasteiger charge is -2.06. The van der Waals surface area contributed by atoms with Gasteiger partial charge in [0.25, 0.3) is 6.43 Å². The van der Waals surface area contributed by atoms with E-state index in [1.54, 1.807) is 0 Å². The van der Waals surface area contributed by atoms with Crippen LogP contribution in [0.15, 0.2) is 15.3 Å². The minimum Gasteiger partial charge on any atom is -0.464 e. The highest BCUT2D eigenvalue weighted by Gasteiger charge is 2.20. The SMILES string of the molecule is COC(=O)c1[nH]c(=O)cc(C(F)F)c1Br. The van der Waals surface area contributed by atoms with Gasteiger partial charge >= 0.3 is 5.97 Å². The highest BCUT2D eigenvalue weighted by Crippen LogP contribution is 2.27. The Hall–Kier alpha value is -1.24. The van der Waals surface area contributed by atoms with E-state index in [4.69, 9.17) is 0 Å². The Morgan fingerprint density at radius 3 is 2.67 bits per heavy atom. The van der Waals surface area contributed by atoms with E-state index in [9.17, 15) is 18.4 Å². The Kier molecular flexibility index (Phi) is 3.57. The van der Waals surface area contributed by atoms with E-state index in [0.717, 1.165) is 13.2 Å². The molecule has 7 heteroatoms. The first-order valence-corrected chi connectivity index (χ1v) is 4.56. The fourth-order valence-electron chi connectivity index (χ4n) is 0.965. The molecule has 1 aromatic rings. The molecule has 0 atom stereocenters. The van der Waals surface area contributed by atoms with Gasteiger partial charge in [0.1, 0.15) is 5.69 Å². The van der Waals surface area contributed by atoms with E-state index in [0.29, 0.717) is 0 Å². The Bertz CT molecular complexity index is 444. The quantitative estimate of drug-likeness (QED) is 0.842. The number of hydrogen-bond donors (Lipinski definition) is 1. The molecule has 0 radical (unpaired) electrons. The topological polar surface area (TPSA) is 59.2 Å². The van der Waals surface area contributed by atoms with Crippen LogP contribution in [0, 0.1) is 0 Å². The molecule has 0 aliphatic carbocycles. The molecule has 0 aliphatic heterocycles. The molecule has 0 fully saturated rings. The summed E-state index contributed by atoms with van der Waals surface area (Å²) in [7, 11) is 1.09. The molecule has 0 saturated carbocycles. The van der Waals surface area contributed by atoms with Crippen LogP contribution in [0.4, 0.5) is 8.78 Å². The number of aromatic amines is 1. The van der Waals surface area contributed by atoms with Gasteiger partial charge < -0.3 is 9.72 Å². The van der Waals surface area contributed by atoms with E-state index in [1.807, 2.05) is 0 Å². The number of nitrogens with one attached hydrogen (secondary N) is 1. The summed E-state index contributed by atoms with van der Waals surface area (Å²) in [5, 5.41) is 0. The van der Waals surface area contributed by atoms with Gasteiger partial charge in [-0.1, -0.05) is 0 Å². The van der Waals surface area contributed by atoms with Crippen molar-refractivity contribution in [1.29, 1.82) is 0 Å². The van der Waals surface area contributed by atoms with Crippen LogP contribution in [0.3, 0.4) is 0 Å². The van der Waals surface area contributed by atoms with Gasteiger partial charge in [0.2, 0.25) is 5.56 Å². The number of aromatic nitrogens is 1. The maximum absolute atomic E-state index is 12.4. The Morgan fingerprint density at radius 2 is 2.20 bits per heavy atom. The number of ether oxygens (including phenoxy) is 1. The minimum atomic E-state index is -2.84. The molecule has 4 nitrogen and oxygen atoms in total. The van der Waals surface area contributed by atoms with Gasteiger partial charge in [0, 0.05) is 11.6 Å². The number of rotatable bonds is 2. The lowest BCUT2D eigenvalue weighted by Crippen LogP contribution is -2.16. The molecule has 0 aromatic carbocycles. The minimum absolute atomic E-state index is 0.163. The largest absolute Gasteiger partial charge is 0.464 e. The van der Waals surface area contributed by atoms with Crippen LogP contribution in [0.2, 0.25) is 0 Å². The van der Waals surface area contributed by atoms with E-state index in [-0.39, 0.29) is 10.2 Å². The second kappa shape index (κ2) is 4.52. The number of methoxy groups -OCH3 is 1. The number of alkyl halides is 2. The van der Waals surface area contributed by atoms with Crippen LogP contribution in [0.1, 0.15) is 22.5 Å².